The predicted molar refractivity (Wildman–Crippen MR) is 119 cm³/mol. The highest BCUT2D eigenvalue weighted by atomic mass is 16.5. The van der Waals surface area contributed by atoms with Crippen molar-refractivity contribution in [3.05, 3.63) is 77.2 Å². The number of benzene rings is 2. The molecular weight excluding hydrogens is 392 g/mol. The first-order chi connectivity index (χ1) is 14.9. The Bertz CT molecular complexity index is 1060. The van der Waals surface area contributed by atoms with E-state index in [0.717, 1.165) is 11.1 Å². The Hall–Kier alpha value is -3.61. The number of aryl methyl sites for hydroxylation is 1. The summed E-state index contributed by atoms with van der Waals surface area (Å²) >= 11 is 0. The number of hydrogen-bond donors (Lipinski definition) is 1. The molecule has 2 heterocycles. The number of aliphatic imine (C=N–C) groups is 1. The molecule has 0 atom stereocenters. The SMILES string of the molecule is Cc1ccccc1CN1CCN2C(C(=O)Nc3ccc(C(C)C)cc3)=COC2=NC1=O. The average molecular weight is 418 g/mol. The third-order valence-corrected chi connectivity index (χ3v) is 5.54. The zero-order valence-corrected chi connectivity index (χ0v) is 18.0. The second-order valence-corrected chi connectivity index (χ2v) is 8.03. The van der Waals surface area contributed by atoms with Gasteiger partial charge in [-0.25, -0.2) is 4.79 Å². The molecule has 7 nitrogen and oxygen atoms in total. The van der Waals surface area contributed by atoms with Gasteiger partial charge in [0.05, 0.1) is 0 Å². The molecule has 0 aromatic heterocycles. The Morgan fingerprint density at radius 3 is 2.58 bits per heavy atom. The summed E-state index contributed by atoms with van der Waals surface area (Å²) in [7, 11) is 0. The molecule has 0 saturated carbocycles. The van der Waals surface area contributed by atoms with Crippen molar-refractivity contribution in [1.82, 2.24) is 9.80 Å². The fourth-order valence-electron chi connectivity index (χ4n) is 3.57. The normalized spacial score (nSPS) is 15.8. The zero-order valence-electron chi connectivity index (χ0n) is 18.0. The molecule has 2 aliphatic rings. The van der Waals surface area contributed by atoms with E-state index in [-0.39, 0.29) is 18.0 Å². The summed E-state index contributed by atoms with van der Waals surface area (Å²) in [5.74, 6) is 0.119. The minimum atomic E-state index is -0.375. The number of amidine groups is 1. The molecule has 2 aromatic rings. The number of amides is 3. The minimum absolute atomic E-state index is 0.137. The molecule has 7 heteroatoms. The maximum absolute atomic E-state index is 12.8. The van der Waals surface area contributed by atoms with Crippen LogP contribution in [-0.4, -0.2) is 40.8 Å². The summed E-state index contributed by atoms with van der Waals surface area (Å²) in [5, 5.41) is 2.89. The van der Waals surface area contributed by atoms with Crippen molar-refractivity contribution in [3.8, 4) is 0 Å². The van der Waals surface area contributed by atoms with Gasteiger partial charge in [0.15, 0.2) is 0 Å². The fraction of sp³-hybridized carbons (Fsp3) is 0.292. The number of anilines is 1. The third kappa shape index (κ3) is 4.45. The van der Waals surface area contributed by atoms with E-state index < -0.39 is 0 Å². The number of nitrogens with one attached hydrogen (secondary N) is 1. The van der Waals surface area contributed by atoms with Crippen LogP contribution in [0.5, 0.6) is 0 Å². The molecule has 160 valence electrons. The van der Waals surface area contributed by atoms with E-state index in [0.29, 0.717) is 36.9 Å². The lowest BCUT2D eigenvalue weighted by atomic mass is 10.0. The molecule has 4 rings (SSSR count). The van der Waals surface area contributed by atoms with Crippen LogP contribution in [0.25, 0.3) is 0 Å². The van der Waals surface area contributed by atoms with E-state index in [9.17, 15) is 9.59 Å². The van der Waals surface area contributed by atoms with E-state index in [1.165, 1.54) is 11.8 Å². The molecule has 0 bridgehead atoms. The number of carbonyl (C=O) groups excluding carboxylic acids is 2. The first-order valence-corrected chi connectivity index (χ1v) is 10.4. The largest absolute Gasteiger partial charge is 0.431 e. The lowest BCUT2D eigenvalue weighted by Gasteiger charge is -2.22. The fourth-order valence-corrected chi connectivity index (χ4v) is 3.57. The molecule has 3 amide bonds. The van der Waals surface area contributed by atoms with Gasteiger partial charge in [0.2, 0.25) is 0 Å². The Morgan fingerprint density at radius 1 is 1.13 bits per heavy atom. The van der Waals surface area contributed by atoms with Gasteiger partial charge < -0.3 is 15.0 Å². The average Bonchev–Trinajstić information content (AvgIpc) is 3.08. The van der Waals surface area contributed by atoms with Crippen LogP contribution in [0.2, 0.25) is 0 Å². The number of carbonyl (C=O) groups is 2. The van der Waals surface area contributed by atoms with Crippen molar-refractivity contribution in [2.75, 3.05) is 18.4 Å². The summed E-state index contributed by atoms with van der Waals surface area (Å²) in [6, 6.07) is 15.5. The molecule has 2 aromatic carbocycles. The van der Waals surface area contributed by atoms with Gasteiger partial charge in [-0.15, -0.1) is 4.99 Å². The Balaban J connectivity index is 1.44. The smallest absolute Gasteiger partial charge is 0.348 e. The van der Waals surface area contributed by atoms with Crippen LogP contribution in [0, 0.1) is 6.92 Å². The van der Waals surface area contributed by atoms with E-state index >= 15 is 0 Å². The van der Waals surface area contributed by atoms with Crippen LogP contribution in [0.1, 0.15) is 36.5 Å². The highest BCUT2D eigenvalue weighted by molar-refractivity contribution is 6.08. The van der Waals surface area contributed by atoms with Crippen LogP contribution in [0.3, 0.4) is 0 Å². The first kappa shape index (κ1) is 20.7. The highest BCUT2D eigenvalue weighted by Crippen LogP contribution is 2.23. The van der Waals surface area contributed by atoms with Crippen molar-refractivity contribution >= 4 is 23.6 Å². The first-order valence-electron chi connectivity index (χ1n) is 10.4. The maximum Gasteiger partial charge on any atom is 0.348 e. The molecule has 0 spiro atoms. The molecule has 1 N–H and O–H groups in total. The monoisotopic (exact) mass is 418 g/mol. The van der Waals surface area contributed by atoms with Gasteiger partial charge >= 0.3 is 12.1 Å². The van der Waals surface area contributed by atoms with Crippen LogP contribution in [-0.2, 0) is 16.1 Å². The van der Waals surface area contributed by atoms with Crippen molar-refractivity contribution in [2.24, 2.45) is 4.99 Å². The Labute approximate surface area is 182 Å². The number of rotatable bonds is 5. The third-order valence-electron chi connectivity index (χ3n) is 5.54. The molecule has 0 saturated heterocycles. The molecular formula is C24H26N4O3. The van der Waals surface area contributed by atoms with Crippen molar-refractivity contribution < 1.29 is 14.3 Å². The Kier molecular flexibility index (Phi) is 5.75. The van der Waals surface area contributed by atoms with Gasteiger partial charge in [-0.3, -0.25) is 9.69 Å². The van der Waals surface area contributed by atoms with Crippen LogP contribution in [0.4, 0.5) is 10.5 Å². The second-order valence-electron chi connectivity index (χ2n) is 8.03. The second kappa shape index (κ2) is 8.63. The summed E-state index contributed by atoms with van der Waals surface area (Å²) in [6.07, 6.45) is 1.35. The summed E-state index contributed by atoms with van der Waals surface area (Å²) in [6.45, 7) is 7.57. The predicted octanol–water partition coefficient (Wildman–Crippen LogP) is 4.22. The highest BCUT2D eigenvalue weighted by Gasteiger charge is 2.34. The number of hydrogen-bond acceptors (Lipinski definition) is 4. The maximum atomic E-state index is 12.8. The molecule has 2 aliphatic heterocycles. The Morgan fingerprint density at radius 2 is 1.87 bits per heavy atom. The van der Waals surface area contributed by atoms with Crippen molar-refractivity contribution in [3.63, 3.8) is 0 Å². The van der Waals surface area contributed by atoms with Gasteiger partial charge in [-0.2, -0.15) is 0 Å². The summed E-state index contributed by atoms with van der Waals surface area (Å²) in [5.41, 5.74) is 4.42. The van der Waals surface area contributed by atoms with Gasteiger partial charge in [-0.1, -0.05) is 50.2 Å². The van der Waals surface area contributed by atoms with Gasteiger partial charge in [-0.05, 0) is 41.7 Å². The van der Waals surface area contributed by atoms with Gasteiger partial charge in [0, 0.05) is 25.3 Å². The van der Waals surface area contributed by atoms with Crippen molar-refractivity contribution in [2.45, 2.75) is 33.2 Å². The number of fused-ring (bicyclic) bond motifs is 1. The molecule has 0 fully saturated rings. The van der Waals surface area contributed by atoms with Crippen molar-refractivity contribution in [1.29, 1.82) is 0 Å². The topological polar surface area (TPSA) is 74.2 Å². The van der Waals surface area contributed by atoms with E-state index in [2.05, 4.69) is 24.2 Å². The van der Waals surface area contributed by atoms with Crippen LogP contribution >= 0.6 is 0 Å². The lowest BCUT2D eigenvalue weighted by Crippen LogP contribution is -2.36. The summed E-state index contributed by atoms with van der Waals surface area (Å²) in [4.78, 5) is 32.9. The number of urea groups is 1. The lowest BCUT2D eigenvalue weighted by molar-refractivity contribution is -0.113. The molecule has 0 aliphatic carbocycles. The standard InChI is InChI=1S/C24H26N4O3/c1-16(2)18-8-10-20(11-9-18)25-22(29)21-15-31-24-26-23(30)27(12-13-28(21)24)14-19-7-5-4-6-17(19)3/h4-11,15-16H,12-14H2,1-3H3,(H,25,29). The van der Waals surface area contributed by atoms with E-state index in [1.807, 2.05) is 55.5 Å². The number of ether oxygens (including phenoxy) is 1. The van der Waals surface area contributed by atoms with E-state index in [4.69, 9.17) is 4.74 Å². The van der Waals surface area contributed by atoms with Gasteiger partial charge in [0.25, 0.3) is 5.91 Å². The molecule has 0 unspecified atom stereocenters. The van der Waals surface area contributed by atoms with Crippen LogP contribution in [0.15, 0.2) is 65.5 Å². The van der Waals surface area contributed by atoms with Gasteiger partial charge in [0.1, 0.15) is 12.0 Å². The molecule has 31 heavy (non-hydrogen) atoms. The molecule has 0 radical (unpaired) electrons. The number of nitrogens with zero attached hydrogens (tertiary/aromatic N) is 3. The summed E-state index contributed by atoms with van der Waals surface area (Å²) < 4.78 is 5.46. The van der Waals surface area contributed by atoms with Crippen LogP contribution < -0.4 is 5.32 Å². The minimum Gasteiger partial charge on any atom is -0.431 e. The van der Waals surface area contributed by atoms with E-state index in [1.54, 1.807) is 9.80 Å². The zero-order chi connectivity index (χ0) is 22.0. The quantitative estimate of drug-likeness (QED) is 0.789.